The predicted molar refractivity (Wildman–Crippen MR) is 129 cm³/mol. The topological polar surface area (TPSA) is 110 Å². The summed E-state index contributed by atoms with van der Waals surface area (Å²) < 4.78 is 12.2. The quantitative estimate of drug-likeness (QED) is 0.446. The van der Waals surface area contributed by atoms with E-state index in [0.717, 1.165) is 5.57 Å². The lowest BCUT2D eigenvalue weighted by atomic mass is 9.44. The van der Waals surface area contributed by atoms with Gasteiger partial charge in [0.15, 0.2) is 0 Å². The number of ether oxygens (including phenoxy) is 2. The first kappa shape index (κ1) is 26.3. The van der Waals surface area contributed by atoms with E-state index in [1.165, 1.54) is 13.8 Å². The van der Waals surface area contributed by atoms with Gasteiger partial charge >= 0.3 is 11.9 Å². The van der Waals surface area contributed by atoms with E-state index in [4.69, 9.17) is 9.47 Å². The van der Waals surface area contributed by atoms with Crippen molar-refractivity contribution >= 4 is 17.7 Å². The Bertz CT molecular complexity index is 924. The molecule has 0 aromatic heterocycles. The fraction of sp³-hybridized carbons (Fsp3) is 0.821. The second-order valence-corrected chi connectivity index (χ2v) is 12.4. The summed E-state index contributed by atoms with van der Waals surface area (Å²) in [6, 6.07) is 0. The number of ketones is 1. The molecule has 35 heavy (non-hydrogen) atoms. The number of hydrogen-bond acceptors (Lipinski definition) is 7. The summed E-state index contributed by atoms with van der Waals surface area (Å²) in [5.74, 6) is -1.91. The fourth-order valence-electron chi connectivity index (χ4n) is 8.32. The van der Waals surface area contributed by atoms with Crippen LogP contribution in [0, 0.1) is 34.5 Å². The first-order valence-electron chi connectivity index (χ1n) is 13.2. The zero-order chi connectivity index (χ0) is 25.9. The third-order valence-corrected chi connectivity index (χ3v) is 9.93. The number of aliphatic hydroxyl groups is 2. The van der Waals surface area contributed by atoms with Gasteiger partial charge in [-0.2, -0.15) is 0 Å². The Kier molecular flexibility index (Phi) is 6.76. The Balaban J connectivity index is 1.90. The van der Waals surface area contributed by atoms with Crippen LogP contribution in [0.5, 0.6) is 0 Å². The molecule has 2 N–H and O–H groups in total. The van der Waals surface area contributed by atoms with E-state index < -0.39 is 52.6 Å². The van der Waals surface area contributed by atoms with Gasteiger partial charge in [-0.25, -0.2) is 0 Å². The predicted octanol–water partition coefficient (Wildman–Crippen LogP) is 3.74. The monoisotopic (exact) mass is 490 g/mol. The first-order chi connectivity index (χ1) is 16.3. The van der Waals surface area contributed by atoms with Gasteiger partial charge in [0.05, 0.1) is 11.7 Å². The molecule has 0 aliphatic heterocycles. The first-order valence-corrected chi connectivity index (χ1v) is 13.2. The molecule has 4 aliphatic rings. The highest BCUT2D eigenvalue weighted by Gasteiger charge is 2.75. The Labute approximate surface area is 208 Å². The van der Waals surface area contributed by atoms with E-state index in [1.807, 2.05) is 20.8 Å². The van der Waals surface area contributed by atoms with Crippen LogP contribution in [0.25, 0.3) is 0 Å². The molecule has 0 spiro atoms. The number of esters is 2. The van der Waals surface area contributed by atoms with Crippen LogP contribution in [0.3, 0.4) is 0 Å². The van der Waals surface area contributed by atoms with Crippen molar-refractivity contribution in [1.29, 1.82) is 0 Å². The Morgan fingerprint density at radius 1 is 1.11 bits per heavy atom. The maximum absolute atomic E-state index is 13.1. The van der Waals surface area contributed by atoms with Gasteiger partial charge in [0.25, 0.3) is 0 Å². The Hall–Kier alpha value is -1.73. The lowest BCUT2D eigenvalue weighted by Gasteiger charge is -2.64. The maximum Gasteiger partial charge on any atom is 0.306 e. The molecule has 0 aromatic rings. The van der Waals surface area contributed by atoms with Crippen molar-refractivity contribution in [1.82, 2.24) is 0 Å². The molecule has 196 valence electrons. The minimum absolute atomic E-state index is 0.0487. The van der Waals surface area contributed by atoms with Crippen LogP contribution in [-0.2, 0) is 23.9 Å². The third kappa shape index (κ3) is 3.97. The summed E-state index contributed by atoms with van der Waals surface area (Å²) >= 11 is 0. The molecule has 0 saturated heterocycles. The zero-order valence-corrected chi connectivity index (χ0v) is 22.0. The van der Waals surface area contributed by atoms with Crippen LogP contribution in [0.4, 0.5) is 0 Å². The molecule has 3 saturated carbocycles. The maximum atomic E-state index is 13.1. The van der Waals surface area contributed by atoms with E-state index in [1.54, 1.807) is 0 Å². The van der Waals surface area contributed by atoms with Crippen LogP contribution in [0.15, 0.2) is 11.6 Å². The largest absolute Gasteiger partial charge is 0.458 e. The highest BCUT2D eigenvalue weighted by molar-refractivity contribution is 5.80. The molecular formula is C28H42O7. The Morgan fingerprint density at radius 2 is 1.80 bits per heavy atom. The normalized spacial score (nSPS) is 44.5. The summed E-state index contributed by atoms with van der Waals surface area (Å²) in [7, 11) is 0. The van der Waals surface area contributed by atoms with Gasteiger partial charge in [-0.05, 0) is 62.7 Å². The van der Waals surface area contributed by atoms with Gasteiger partial charge in [0.1, 0.15) is 18.0 Å². The standard InChI is InChI=1S/C28H42O7/c1-15(2)13-22(32)35-25-24(34-17(4)30)23-21(8-7-18-14-19(31)9-11-26(18,23)5)28(33)12-10-20(16(3)29)27(25,28)6/h7,15,19-21,23-25,31,33H,8-14H2,1-6H3/t19-,20+,21-,23+,24-,25+,26-,27-,28-/m0/s1. The van der Waals surface area contributed by atoms with Gasteiger partial charge < -0.3 is 19.7 Å². The van der Waals surface area contributed by atoms with Crippen LogP contribution in [0.2, 0.25) is 0 Å². The SMILES string of the molecule is CC(=O)O[C@H]1[C@H]2[C@H](CC=C3C[C@@H](O)CC[C@@]32C)[C@@]2(O)CC[C@H](C(C)=O)[C@@]2(C)[C@@H]1OC(=O)CC(C)C. The van der Waals surface area contributed by atoms with Gasteiger partial charge in [0, 0.05) is 30.6 Å². The van der Waals surface area contributed by atoms with Crippen molar-refractivity contribution in [2.24, 2.45) is 34.5 Å². The summed E-state index contributed by atoms with van der Waals surface area (Å²) in [4.78, 5) is 38.4. The molecule has 4 aliphatic carbocycles. The molecule has 9 atom stereocenters. The highest BCUT2D eigenvalue weighted by atomic mass is 16.6. The number of aliphatic hydroxyl groups excluding tert-OH is 1. The number of allylic oxidation sites excluding steroid dienone is 1. The Morgan fingerprint density at radius 3 is 2.40 bits per heavy atom. The lowest BCUT2D eigenvalue weighted by molar-refractivity contribution is -0.274. The van der Waals surface area contributed by atoms with Crippen LogP contribution in [0.1, 0.15) is 86.5 Å². The van der Waals surface area contributed by atoms with Gasteiger partial charge in [-0.15, -0.1) is 0 Å². The number of Topliss-reactive ketones (excluding diaryl/α,β-unsaturated/α-hetero) is 1. The van der Waals surface area contributed by atoms with Crippen molar-refractivity contribution in [2.75, 3.05) is 0 Å². The van der Waals surface area contributed by atoms with Gasteiger partial charge in [0.2, 0.25) is 0 Å². The average Bonchev–Trinajstić information content (AvgIpc) is 3.02. The molecule has 0 aromatic carbocycles. The van der Waals surface area contributed by atoms with Crippen LogP contribution < -0.4 is 0 Å². The summed E-state index contributed by atoms with van der Waals surface area (Å²) in [5.41, 5.74) is -1.64. The molecule has 7 heteroatoms. The molecule has 3 fully saturated rings. The van der Waals surface area contributed by atoms with E-state index in [2.05, 4.69) is 13.0 Å². The average molecular weight is 491 g/mol. The number of carbonyl (C=O) groups excluding carboxylic acids is 3. The lowest BCUT2D eigenvalue weighted by Crippen LogP contribution is -2.72. The molecule has 0 radical (unpaired) electrons. The van der Waals surface area contributed by atoms with E-state index in [0.29, 0.717) is 38.5 Å². The molecular weight excluding hydrogens is 448 g/mol. The molecule has 7 nitrogen and oxygen atoms in total. The molecule has 4 rings (SSSR count). The minimum atomic E-state index is -1.26. The number of fused-ring (bicyclic) bond motifs is 5. The molecule has 0 bridgehead atoms. The smallest absolute Gasteiger partial charge is 0.306 e. The third-order valence-electron chi connectivity index (χ3n) is 9.93. The second-order valence-electron chi connectivity index (χ2n) is 12.4. The molecule has 0 amide bonds. The van der Waals surface area contributed by atoms with Crippen molar-refractivity contribution in [3.8, 4) is 0 Å². The van der Waals surface area contributed by atoms with Crippen molar-refractivity contribution < 1.29 is 34.1 Å². The van der Waals surface area contributed by atoms with Crippen molar-refractivity contribution in [3.05, 3.63) is 11.6 Å². The van der Waals surface area contributed by atoms with E-state index in [9.17, 15) is 24.6 Å². The minimum Gasteiger partial charge on any atom is -0.458 e. The number of carbonyl (C=O) groups is 3. The van der Waals surface area contributed by atoms with Gasteiger partial charge in [-0.1, -0.05) is 39.3 Å². The molecule has 0 unspecified atom stereocenters. The summed E-state index contributed by atoms with van der Waals surface area (Å²) in [5, 5.41) is 22.9. The highest BCUT2D eigenvalue weighted by Crippen LogP contribution is 2.69. The second kappa shape index (κ2) is 8.98. The van der Waals surface area contributed by atoms with Crippen molar-refractivity contribution in [2.45, 2.75) is 110 Å². The molecule has 0 heterocycles. The van der Waals surface area contributed by atoms with Crippen LogP contribution in [-0.4, -0.2) is 51.8 Å². The van der Waals surface area contributed by atoms with Gasteiger partial charge in [-0.3, -0.25) is 14.4 Å². The number of rotatable bonds is 5. The van der Waals surface area contributed by atoms with E-state index in [-0.39, 0.29) is 30.0 Å². The van der Waals surface area contributed by atoms with Crippen molar-refractivity contribution in [3.63, 3.8) is 0 Å². The zero-order valence-electron chi connectivity index (χ0n) is 22.0. The fourth-order valence-corrected chi connectivity index (χ4v) is 8.32. The summed E-state index contributed by atoms with van der Waals surface area (Å²) in [6.07, 6.45) is 3.57. The van der Waals surface area contributed by atoms with Crippen LogP contribution >= 0.6 is 0 Å². The summed E-state index contributed by atoms with van der Waals surface area (Å²) in [6.45, 7) is 10.7. The number of hydrogen-bond donors (Lipinski definition) is 2. The van der Waals surface area contributed by atoms with E-state index >= 15 is 0 Å².